The predicted molar refractivity (Wildman–Crippen MR) is 73.2 cm³/mol. The molecule has 0 saturated heterocycles. The van der Waals surface area contributed by atoms with Gasteiger partial charge < -0.3 is 9.84 Å². The fourth-order valence-electron chi connectivity index (χ4n) is 1.88. The Morgan fingerprint density at radius 1 is 1.24 bits per heavy atom. The summed E-state index contributed by atoms with van der Waals surface area (Å²) in [6.07, 6.45) is -0.116. The lowest BCUT2D eigenvalue weighted by atomic mass is 10.1. The number of hydrogen-bond donors (Lipinski definition) is 1. The van der Waals surface area contributed by atoms with Gasteiger partial charge >= 0.3 is 5.97 Å². The van der Waals surface area contributed by atoms with Crippen LogP contribution in [-0.4, -0.2) is 11.1 Å². The number of ether oxygens (including phenoxy) is 1. The van der Waals surface area contributed by atoms with Crippen LogP contribution in [0.1, 0.15) is 16.7 Å². The fraction of sp³-hybridized carbons (Fsp3) is 0.125. The third-order valence-electron chi connectivity index (χ3n) is 2.90. The molecule has 0 aliphatic carbocycles. The SMILES string of the molecule is N#Cc1ccc(OCc2ccccc2CC(=O)O)c(F)c1. The van der Waals surface area contributed by atoms with E-state index in [-0.39, 0.29) is 24.3 Å². The van der Waals surface area contributed by atoms with Gasteiger partial charge in [0.15, 0.2) is 11.6 Å². The highest BCUT2D eigenvalue weighted by molar-refractivity contribution is 5.70. The van der Waals surface area contributed by atoms with E-state index in [0.717, 1.165) is 6.07 Å². The van der Waals surface area contributed by atoms with Crippen molar-refractivity contribution in [3.8, 4) is 11.8 Å². The molecule has 4 nitrogen and oxygen atoms in total. The molecule has 0 aromatic heterocycles. The van der Waals surface area contributed by atoms with E-state index in [1.807, 2.05) is 6.07 Å². The van der Waals surface area contributed by atoms with Crippen LogP contribution in [0.3, 0.4) is 0 Å². The van der Waals surface area contributed by atoms with E-state index >= 15 is 0 Å². The summed E-state index contributed by atoms with van der Waals surface area (Å²) in [4.78, 5) is 10.8. The Kier molecular flexibility index (Phi) is 4.52. The van der Waals surface area contributed by atoms with Gasteiger partial charge in [0.2, 0.25) is 0 Å². The molecule has 5 heteroatoms. The maximum absolute atomic E-state index is 13.7. The molecule has 21 heavy (non-hydrogen) atoms. The summed E-state index contributed by atoms with van der Waals surface area (Å²) in [7, 11) is 0. The van der Waals surface area contributed by atoms with Gasteiger partial charge in [0, 0.05) is 0 Å². The lowest BCUT2D eigenvalue weighted by molar-refractivity contribution is -0.136. The van der Waals surface area contributed by atoms with Gasteiger partial charge in [-0.2, -0.15) is 5.26 Å². The van der Waals surface area contributed by atoms with Gasteiger partial charge in [-0.1, -0.05) is 24.3 Å². The first kappa shape index (κ1) is 14.5. The van der Waals surface area contributed by atoms with Gasteiger partial charge in [0.05, 0.1) is 18.1 Å². The number of nitriles is 1. The molecule has 2 aromatic rings. The highest BCUT2D eigenvalue weighted by atomic mass is 19.1. The minimum absolute atomic E-state index is 0.0270. The van der Waals surface area contributed by atoms with Gasteiger partial charge in [-0.05, 0) is 29.3 Å². The highest BCUT2D eigenvalue weighted by Gasteiger charge is 2.09. The Balaban J connectivity index is 2.13. The van der Waals surface area contributed by atoms with Crippen LogP contribution in [0.15, 0.2) is 42.5 Å². The molecule has 106 valence electrons. The molecule has 0 aliphatic heterocycles. The Morgan fingerprint density at radius 3 is 2.57 bits per heavy atom. The lowest BCUT2D eigenvalue weighted by Crippen LogP contribution is -2.06. The number of carboxylic acids is 1. The van der Waals surface area contributed by atoms with Crippen LogP contribution < -0.4 is 4.74 Å². The van der Waals surface area contributed by atoms with Crippen LogP contribution in [0.4, 0.5) is 4.39 Å². The molecular weight excluding hydrogens is 273 g/mol. The average Bonchev–Trinajstić information content (AvgIpc) is 2.46. The number of rotatable bonds is 5. The standard InChI is InChI=1S/C16H12FNO3/c17-14-7-11(9-18)5-6-15(14)21-10-13-4-2-1-3-12(13)8-16(19)20/h1-7H,8,10H2,(H,19,20). The summed E-state index contributed by atoms with van der Waals surface area (Å²) in [5, 5.41) is 17.5. The summed E-state index contributed by atoms with van der Waals surface area (Å²) < 4.78 is 19.0. The van der Waals surface area contributed by atoms with Crippen molar-refractivity contribution in [2.45, 2.75) is 13.0 Å². The molecule has 1 N–H and O–H groups in total. The van der Waals surface area contributed by atoms with Crippen LogP contribution in [0.5, 0.6) is 5.75 Å². The molecule has 0 saturated carbocycles. The third kappa shape index (κ3) is 3.80. The summed E-state index contributed by atoms with van der Waals surface area (Å²) in [5.41, 5.74) is 1.52. The first-order chi connectivity index (χ1) is 10.1. The number of aliphatic carboxylic acids is 1. The van der Waals surface area contributed by atoms with Crippen molar-refractivity contribution in [3.63, 3.8) is 0 Å². The van der Waals surface area contributed by atoms with Crippen molar-refractivity contribution in [1.82, 2.24) is 0 Å². The molecule has 0 heterocycles. The number of hydrogen-bond acceptors (Lipinski definition) is 3. The van der Waals surface area contributed by atoms with Crippen molar-refractivity contribution in [3.05, 3.63) is 65.0 Å². The minimum Gasteiger partial charge on any atom is -0.486 e. The van der Waals surface area contributed by atoms with Crippen molar-refractivity contribution in [2.24, 2.45) is 0 Å². The summed E-state index contributed by atoms with van der Waals surface area (Å²) in [6.45, 7) is 0.0618. The molecule has 0 amide bonds. The van der Waals surface area contributed by atoms with Gasteiger partial charge in [-0.25, -0.2) is 4.39 Å². The Hall–Kier alpha value is -2.87. The van der Waals surface area contributed by atoms with E-state index in [9.17, 15) is 9.18 Å². The first-order valence-electron chi connectivity index (χ1n) is 6.21. The molecule has 2 aromatic carbocycles. The van der Waals surface area contributed by atoms with Crippen molar-refractivity contribution >= 4 is 5.97 Å². The molecule has 2 rings (SSSR count). The zero-order valence-corrected chi connectivity index (χ0v) is 11.0. The zero-order valence-electron chi connectivity index (χ0n) is 11.0. The predicted octanol–water partition coefficient (Wildman–Crippen LogP) is 2.90. The third-order valence-corrected chi connectivity index (χ3v) is 2.90. The molecule has 0 fully saturated rings. The normalized spacial score (nSPS) is 9.90. The smallest absolute Gasteiger partial charge is 0.307 e. The van der Waals surface area contributed by atoms with Crippen LogP contribution in [0.25, 0.3) is 0 Å². The van der Waals surface area contributed by atoms with Crippen molar-refractivity contribution in [2.75, 3.05) is 0 Å². The number of nitrogens with zero attached hydrogens (tertiary/aromatic N) is 1. The molecule has 0 bridgehead atoms. The Bertz CT molecular complexity index is 707. The van der Waals surface area contributed by atoms with Crippen molar-refractivity contribution < 1.29 is 19.0 Å². The molecule has 0 unspecified atom stereocenters. The zero-order chi connectivity index (χ0) is 15.2. The lowest BCUT2D eigenvalue weighted by Gasteiger charge is -2.10. The topological polar surface area (TPSA) is 70.3 Å². The van der Waals surface area contributed by atoms with E-state index < -0.39 is 11.8 Å². The molecule has 0 aliphatic rings. The molecular formula is C16H12FNO3. The van der Waals surface area contributed by atoms with E-state index in [1.54, 1.807) is 24.3 Å². The van der Waals surface area contributed by atoms with Gasteiger partial charge in [0.1, 0.15) is 6.61 Å². The number of benzene rings is 2. The summed E-state index contributed by atoms with van der Waals surface area (Å²) in [5.74, 6) is -1.53. The number of carboxylic acid groups (broad SMARTS) is 1. The highest BCUT2D eigenvalue weighted by Crippen LogP contribution is 2.20. The van der Waals surface area contributed by atoms with Crippen LogP contribution in [0, 0.1) is 17.1 Å². The second-order valence-electron chi connectivity index (χ2n) is 4.38. The largest absolute Gasteiger partial charge is 0.486 e. The monoisotopic (exact) mass is 285 g/mol. The first-order valence-corrected chi connectivity index (χ1v) is 6.21. The van der Waals surface area contributed by atoms with Crippen LogP contribution in [-0.2, 0) is 17.8 Å². The fourth-order valence-corrected chi connectivity index (χ4v) is 1.88. The summed E-state index contributed by atoms with van der Waals surface area (Å²) >= 11 is 0. The van der Waals surface area contributed by atoms with Crippen LogP contribution >= 0.6 is 0 Å². The Morgan fingerprint density at radius 2 is 1.95 bits per heavy atom. The number of carbonyl (C=O) groups is 1. The quantitative estimate of drug-likeness (QED) is 0.917. The average molecular weight is 285 g/mol. The van der Waals surface area contributed by atoms with Crippen molar-refractivity contribution in [1.29, 1.82) is 5.26 Å². The van der Waals surface area contributed by atoms with E-state index in [1.165, 1.54) is 12.1 Å². The van der Waals surface area contributed by atoms with E-state index in [4.69, 9.17) is 15.1 Å². The maximum atomic E-state index is 13.7. The van der Waals surface area contributed by atoms with E-state index in [0.29, 0.717) is 11.1 Å². The van der Waals surface area contributed by atoms with E-state index in [2.05, 4.69) is 0 Å². The molecule has 0 radical (unpaired) electrons. The van der Waals surface area contributed by atoms with Crippen LogP contribution in [0.2, 0.25) is 0 Å². The second kappa shape index (κ2) is 6.53. The maximum Gasteiger partial charge on any atom is 0.307 e. The Labute approximate surface area is 121 Å². The summed E-state index contributed by atoms with van der Waals surface area (Å²) in [6, 6.07) is 12.7. The molecule has 0 atom stereocenters. The second-order valence-corrected chi connectivity index (χ2v) is 4.38. The number of halogens is 1. The van der Waals surface area contributed by atoms with Gasteiger partial charge in [0.25, 0.3) is 0 Å². The minimum atomic E-state index is -0.938. The molecule has 0 spiro atoms. The van der Waals surface area contributed by atoms with Gasteiger partial charge in [-0.15, -0.1) is 0 Å². The van der Waals surface area contributed by atoms with Gasteiger partial charge in [-0.3, -0.25) is 4.79 Å².